The van der Waals surface area contributed by atoms with Gasteiger partial charge in [-0.2, -0.15) is 5.10 Å². The SMILES string of the molecule is Fc1cn[nH]c1C(F)F. The lowest BCUT2D eigenvalue weighted by atomic mass is 10.4. The summed E-state index contributed by atoms with van der Waals surface area (Å²) in [6.45, 7) is 0. The fourth-order valence-corrected chi connectivity index (χ4v) is 0.434. The third-order valence-electron chi connectivity index (χ3n) is 0.838. The molecular weight excluding hydrogens is 133 g/mol. The Morgan fingerprint density at radius 2 is 2.22 bits per heavy atom. The third-order valence-corrected chi connectivity index (χ3v) is 0.838. The molecule has 1 heterocycles. The second-order valence-electron chi connectivity index (χ2n) is 1.43. The van der Waals surface area contributed by atoms with Crippen molar-refractivity contribution in [1.29, 1.82) is 0 Å². The first-order valence-electron chi connectivity index (χ1n) is 2.18. The zero-order valence-corrected chi connectivity index (χ0v) is 4.24. The number of H-pyrrole nitrogens is 1. The summed E-state index contributed by atoms with van der Waals surface area (Å²) in [7, 11) is 0. The average molecular weight is 136 g/mol. The standard InChI is InChI=1S/C4H3F3N2/c5-2-1-8-9-3(2)4(6)7/h1,4H,(H,8,9). The molecule has 1 rings (SSSR count). The van der Waals surface area contributed by atoms with E-state index >= 15 is 0 Å². The first kappa shape index (κ1) is 6.12. The van der Waals surface area contributed by atoms with Gasteiger partial charge in [-0.15, -0.1) is 0 Å². The quantitative estimate of drug-likeness (QED) is 0.622. The molecule has 5 heteroatoms. The number of alkyl halides is 2. The summed E-state index contributed by atoms with van der Waals surface area (Å²) in [5.41, 5.74) is -0.755. The molecule has 50 valence electrons. The molecule has 0 spiro atoms. The molecule has 0 aliphatic carbocycles. The summed E-state index contributed by atoms with van der Waals surface area (Å²) in [4.78, 5) is 0. The fraction of sp³-hybridized carbons (Fsp3) is 0.250. The lowest BCUT2D eigenvalue weighted by molar-refractivity contribution is 0.141. The van der Waals surface area contributed by atoms with Crippen molar-refractivity contribution < 1.29 is 13.2 Å². The Kier molecular flexibility index (Phi) is 1.42. The molecule has 0 saturated carbocycles. The van der Waals surface area contributed by atoms with Crippen LogP contribution >= 0.6 is 0 Å². The molecule has 2 nitrogen and oxygen atoms in total. The van der Waals surface area contributed by atoms with Gasteiger partial charge in [-0.3, -0.25) is 5.10 Å². The van der Waals surface area contributed by atoms with Gasteiger partial charge in [0.05, 0.1) is 6.20 Å². The predicted octanol–water partition coefficient (Wildman–Crippen LogP) is 1.49. The summed E-state index contributed by atoms with van der Waals surface area (Å²) < 4.78 is 35.1. The van der Waals surface area contributed by atoms with Gasteiger partial charge in [0.25, 0.3) is 6.43 Å². The van der Waals surface area contributed by atoms with Crippen LogP contribution in [0.15, 0.2) is 6.20 Å². The van der Waals surface area contributed by atoms with Crippen molar-refractivity contribution in [1.82, 2.24) is 10.2 Å². The highest BCUT2D eigenvalue weighted by Crippen LogP contribution is 2.17. The topological polar surface area (TPSA) is 28.7 Å². The molecule has 0 saturated heterocycles. The molecule has 0 fully saturated rings. The highest BCUT2D eigenvalue weighted by atomic mass is 19.3. The largest absolute Gasteiger partial charge is 0.282 e. The number of aromatic amines is 1. The zero-order chi connectivity index (χ0) is 6.85. The van der Waals surface area contributed by atoms with Crippen LogP contribution in [0, 0.1) is 5.82 Å². The van der Waals surface area contributed by atoms with E-state index in [2.05, 4.69) is 5.10 Å². The van der Waals surface area contributed by atoms with Crippen LogP contribution in [0.4, 0.5) is 13.2 Å². The van der Waals surface area contributed by atoms with Crippen LogP contribution in [0.3, 0.4) is 0 Å². The lowest BCUT2D eigenvalue weighted by Crippen LogP contribution is -1.86. The van der Waals surface area contributed by atoms with Crippen molar-refractivity contribution in [2.24, 2.45) is 0 Å². The molecule has 0 aromatic carbocycles. The van der Waals surface area contributed by atoms with E-state index in [0.29, 0.717) is 6.20 Å². The third kappa shape index (κ3) is 1.04. The Bertz CT molecular complexity index is 195. The molecule has 0 bridgehead atoms. The van der Waals surface area contributed by atoms with Crippen molar-refractivity contribution in [2.75, 3.05) is 0 Å². The van der Waals surface area contributed by atoms with Crippen LogP contribution in [0.2, 0.25) is 0 Å². The van der Waals surface area contributed by atoms with Crippen molar-refractivity contribution >= 4 is 0 Å². The Hall–Kier alpha value is -1.00. The van der Waals surface area contributed by atoms with E-state index in [1.165, 1.54) is 0 Å². The van der Waals surface area contributed by atoms with E-state index in [9.17, 15) is 13.2 Å². The first-order valence-corrected chi connectivity index (χ1v) is 2.18. The van der Waals surface area contributed by atoms with Gasteiger partial charge >= 0.3 is 0 Å². The van der Waals surface area contributed by atoms with Gasteiger partial charge in [0, 0.05) is 0 Å². The highest BCUT2D eigenvalue weighted by Gasteiger charge is 2.13. The van der Waals surface area contributed by atoms with E-state index in [4.69, 9.17) is 0 Å². The first-order chi connectivity index (χ1) is 4.22. The maximum atomic E-state index is 12.0. The van der Waals surface area contributed by atoms with E-state index < -0.39 is 17.9 Å². The minimum atomic E-state index is -2.81. The summed E-state index contributed by atoms with van der Waals surface area (Å²) in [5.74, 6) is -0.995. The average Bonchev–Trinajstić information content (AvgIpc) is 2.13. The molecule has 1 aromatic rings. The summed E-state index contributed by atoms with van der Waals surface area (Å²) in [6.07, 6.45) is -2.10. The number of halogens is 3. The molecule has 0 unspecified atom stereocenters. The second kappa shape index (κ2) is 2.08. The van der Waals surface area contributed by atoms with Crippen LogP contribution in [0.25, 0.3) is 0 Å². The number of nitrogens with zero attached hydrogens (tertiary/aromatic N) is 1. The van der Waals surface area contributed by atoms with Gasteiger partial charge in [0.2, 0.25) is 0 Å². The lowest BCUT2D eigenvalue weighted by Gasteiger charge is -1.89. The maximum Gasteiger partial charge on any atom is 0.282 e. The summed E-state index contributed by atoms with van der Waals surface area (Å²) in [6, 6.07) is 0. The number of nitrogens with one attached hydrogen (secondary N) is 1. The van der Waals surface area contributed by atoms with Crippen LogP contribution < -0.4 is 0 Å². The molecule has 1 aromatic heterocycles. The van der Waals surface area contributed by atoms with Gasteiger partial charge in [0.15, 0.2) is 5.82 Å². The van der Waals surface area contributed by atoms with Gasteiger partial charge < -0.3 is 0 Å². The monoisotopic (exact) mass is 136 g/mol. The van der Waals surface area contributed by atoms with Crippen molar-refractivity contribution in [3.63, 3.8) is 0 Å². The molecule has 0 aliphatic rings. The van der Waals surface area contributed by atoms with Crippen LogP contribution in [-0.4, -0.2) is 10.2 Å². The molecule has 9 heavy (non-hydrogen) atoms. The number of hydrogen-bond donors (Lipinski definition) is 1. The molecule has 1 N–H and O–H groups in total. The van der Waals surface area contributed by atoms with Crippen molar-refractivity contribution in [3.8, 4) is 0 Å². The Balaban J connectivity index is 2.94. The summed E-state index contributed by atoms with van der Waals surface area (Å²) in [5, 5.41) is 4.89. The Morgan fingerprint density at radius 3 is 2.44 bits per heavy atom. The van der Waals surface area contributed by atoms with Crippen molar-refractivity contribution in [3.05, 3.63) is 17.7 Å². The maximum absolute atomic E-state index is 12.0. The van der Waals surface area contributed by atoms with Gasteiger partial charge in [-0.1, -0.05) is 0 Å². The molecular formula is C4H3F3N2. The van der Waals surface area contributed by atoms with E-state index in [1.54, 1.807) is 0 Å². The van der Waals surface area contributed by atoms with Crippen LogP contribution in [-0.2, 0) is 0 Å². The molecule has 0 aliphatic heterocycles. The van der Waals surface area contributed by atoms with E-state index in [-0.39, 0.29) is 0 Å². The van der Waals surface area contributed by atoms with Crippen LogP contribution in [0.1, 0.15) is 12.1 Å². The van der Waals surface area contributed by atoms with E-state index in [0.717, 1.165) is 0 Å². The molecule has 0 atom stereocenters. The second-order valence-corrected chi connectivity index (χ2v) is 1.43. The smallest absolute Gasteiger partial charge is 0.274 e. The van der Waals surface area contributed by atoms with Crippen molar-refractivity contribution in [2.45, 2.75) is 6.43 Å². The number of aromatic nitrogens is 2. The van der Waals surface area contributed by atoms with E-state index in [1.807, 2.05) is 5.10 Å². The summed E-state index contributed by atoms with van der Waals surface area (Å²) >= 11 is 0. The fourth-order valence-electron chi connectivity index (χ4n) is 0.434. The Labute approximate surface area is 48.7 Å². The highest BCUT2D eigenvalue weighted by molar-refractivity contribution is 5.02. The zero-order valence-electron chi connectivity index (χ0n) is 4.24. The number of hydrogen-bond acceptors (Lipinski definition) is 1. The minimum absolute atomic E-state index is 0.710. The predicted molar refractivity (Wildman–Crippen MR) is 23.5 cm³/mol. The minimum Gasteiger partial charge on any atom is -0.274 e. The van der Waals surface area contributed by atoms with Gasteiger partial charge in [-0.05, 0) is 0 Å². The Morgan fingerprint density at radius 1 is 1.56 bits per heavy atom. The van der Waals surface area contributed by atoms with Crippen LogP contribution in [0.5, 0.6) is 0 Å². The molecule has 0 radical (unpaired) electrons. The molecule has 0 amide bonds. The van der Waals surface area contributed by atoms with Gasteiger partial charge in [-0.25, -0.2) is 13.2 Å². The normalized spacial score (nSPS) is 10.7. The number of rotatable bonds is 1. The van der Waals surface area contributed by atoms with Gasteiger partial charge in [0.1, 0.15) is 5.69 Å².